The number of hydrogen-bond donors (Lipinski definition) is 0. The first kappa shape index (κ1) is 10.9. The van der Waals surface area contributed by atoms with Crippen molar-refractivity contribution in [2.45, 2.75) is 33.6 Å². The van der Waals surface area contributed by atoms with Gasteiger partial charge in [0.1, 0.15) is 0 Å². The molecule has 0 heterocycles. The third-order valence-corrected chi connectivity index (χ3v) is 2.88. The van der Waals surface area contributed by atoms with Crippen LogP contribution in [0.15, 0.2) is 23.8 Å². The summed E-state index contributed by atoms with van der Waals surface area (Å²) in [4.78, 5) is 23.1. The van der Waals surface area contributed by atoms with E-state index in [-0.39, 0.29) is 17.0 Å². The lowest BCUT2D eigenvalue weighted by atomic mass is 9.71. The van der Waals surface area contributed by atoms with Crippen molar-refractivity contribution in [3.63, 3.8) is 0 Å². The van der Waals surface area contributed by atoms with E-state index in [4.69, 9.17) is 0 Å². The first-order chi connectivity index (χ1) is 6.40. The van der Waals surface area contributed by atoms with Gasteiger partial charge in [0, 0.05) is 12.0 Å². The molecule has 0 amide bonds. The molecule has 0 radical (unpaired) electrons. The highest BCUT2D eigenvalue weighted by Crippen LogP contribution is 2.39. The van der Waals surface area contributed by atoms with Gasteiger partial charge in [0.15, 0.2) is 11.6 Å². The predicted octanol–water partition coefficient (Wildman–Crippen LogP) is 2.45. The van der Waals surface area contributed by atoms with Crippen molar-refractivity contribution >= 4 is 11.6 Å². The summed E-state index contributed by atoms with van der Waals surface area (Å²) in [6.45, 7) is 9.20. The molecule has 1 aliphatic carbocycles. The van der Waals surface area contributed by atoms with Gasteiger partial charge in [-0.15, -0.1) is 0 Å². The summed E-state index contributed by atoms with van der Waals surface area (Å²) < 4.78 is 0. The van der Waals surface area contributed by atoms with Crippen LogP contribution in [0.25, 0.3) is 0 Å². The first-order valence-electron chi connectivity index (χ1n) is 4.81. The Hall–Kier alpha value is -1.18. The lowest BCUT2D eigenvalue weighted by molar-refractivity contribution is -0.118. The molecule has 0 aliphatic heterocycles. The zero-order valence-corrected chi connectivity index (χ0v) is 9.02. The van der Waals surface area contributed by atoms with E-state index in [2.05, 4.69) is 6.58 Å². The molecule has 2 heteroatoms. The van der Waals surface area contributed by atoms with Crippen LogP contribution in [0.1, 0.15) is 33.6 Å². The predicted molar refractivity (Wildman–Crippen MR) is 55.9 cm³/mol. The molecule has 0 saturated heterocycles. The maximum atomic E-state index is 11.6. The second kappa shape index (κ2) is 3.52. The van der Waals surface area contributed by atoms with Crippen LogP contribution in [-0.4, -0.2) is 11.6 Å². The second-order valence-electron chi connectivity index (χ2n) is 4.38. The van der Waals surface area contributed by atoms with Crippen molar-refractivity contribution in [3.05, 3.63) is 23.8 Å². The van der Waals surface area contributed by atoms with Crippen LogP contribution in [0, 0.1) is 5.41 Å². The molecule has 0 saturated carbocycles. The number of allylic oxidation sites excluding steroid dienone is 3. The lowest BCUT2D eigenvalue weighted by Gasteiger charge is -2.32. The molecule has 2 nitrogen and oxygen atoms in total. The molecule has 1 rings (SSSR count). The van der Waals surface area contributed by atoms with Crippen LogP contribution < -0.4 is 0 Å². The van der Waals surface area contributed by atoms with Crippen LogP contribution >= 0.6 is 0 Å². The van der Waals surface area contributed by atoms with Crippen molar-refractivity contribution in [2.75, 3.05) is 0 Å². The minimum atomic E-state index is -0.191. The summed E-state index contributed by atoms with van der Waals surface area (Å²) >= 11 is 0. The highest BCUT2D eigenvalue weighted by molar-refractivity contribution is 6.12. The van der Waals surface area contributed by atoms with Gasteiger partial charge < -0.3 is 0 Å². The largest absolute Gasteiger partial charge is 0.295 e. The normalized spacial score (nSPS) is 20.9. The van der Waals surface area contributed by atoms with Gasteiger partial charge >= 0.3 is 0 Å². The minimum absolute atomic E-state index is 0.0922. The number of rotatable bonds is 2. The standard InChI is InChI=1S/C12H16O2/c1-5-9(13)11-8(2)10(14)6-7-12(11,3)4/h5H,1,6-7H2,2-4H3. The Kier molecular flexibility index (Phi) is 2.74. The number of hydrogen-bond acceptors (Lipinski definition) is 2. The van der Waals surface area contributed by atoms with E-state index in [1.54, 1.807) is 6.92 Å². The van der Waals surface area contributed by atoms with E-state index in [1.807, 2.05) is 13.8 Å². The maximum Gasteiger partial charge on any atom is 0.182 e. The topological polar surface area (TPSA) is 34.1 Å². The molecule has 0 bridgehead atoms. The minimum Gasteiger partial charge on any atom is -0.295 e. The van der Waals surface area contributed by atoms with Gasteiger partial charge in [-0.3, -0.25) is 9.59 Å². The first-order valence-corrected chi connectivity index (χ1v) is 4.81. The second-order valence-corrected chi connectivity index (χ2v) is 4.38. The average molecular weight is 192 g/mol. The SMILES string of the molecule is C=CC(=O)C1=C(C)C(=O)CCC1(C)C. The molecule has 0 unspecified atom stereocenters. The molecule has 0 aromatic rings. The molecular formula is C12H16O2. The van der Waals surface area contributed by atoms with Gasteiger partial charge in [0.25, 0.3) is 0 Å². The quantitative estimate of drug-likeness (QED) is 0.630. The summed E-state index contributed by atoms with van der Waals surface area (Å²) in [7, 11) is 0. The van der Waals surface area contributed by atoms with Crippen LogP contribution in [0.5, 0.6) is 0 Å². The van der Waals surface area contributed by atoms with Gasteiger partial charge in [0.2, 0.25) is 0 Å². The number of carbonyl (C=O) groups excluding carboxylic acids is 2. The highest BCUT2D eigenvalue weighted by atomic mass is 16.1. The summed E-state index contributed by atoms with van der Waals surface area (Å²) in [5.41, 5.74) is 1.07. The van der Waals surface area contributed by atoms with Crippen molar-refractivity contribution in [1.82, 2.24) is 0 Å². The van der Waals surface area contributed by atoms with Crippen molar-refractivity contribution < 1.29 is 9.59 Å². The van der Waals surface area contributed by atoms with E-state index < -0.39 is 0 Å². The summed E-state index contributed by atoms with van der Waals surface area (Å²) in [6, 6.07) is 0. The van der Waals surface area contributed by atoms with Crippen molar-refractivity contribution in [1.29, 1.82) is 0 Å². The molecular weight excluding hydrogens is 176 g/mol. The number of Topliss-reactive ketones (excluding diaryl/α,β-unsaturated/α-hetero) is 1. The third kappa shape index (κ3) is 1.69. The Bertz CT molecular complexity index is 332. The Morgan fingerprint density at radius 3 is 2.57 bits per heavy atom. The zero-order chi connectivity index (χ0) is 10.9. The van der Waals surface area contributed by atoms with Crippen LogP contribution in [0.4, 0.5) is 0 Å². The van der Waals surface area contributed by atoms with Crippen molar-refractivity contribution in [3.8, 4) is 0 Å². The monoisotopic (exact) mass is 192 g/mol. The van der Waals surface area contributed by atoms with Crippen molar-refractivity contribution in [2.24, 2.45) is 5.41 Å². The van der Waals surface area contributed by atoms with Gasteiger partial charge in [-0.05, 0) is 30.4 Å². The molecule has 0 atom stereocenters. The van der Waals surface area contributed by atoms with E-state index in [1.165, 1.54) is 6.08 Å². The fraction of sp³-hybridized carbons (Fsp3) is 0.500. The molecule has 0 fully saturated rings. The Labute approximate surface area is 84.7 Å². The Morgan fingerprint density at radius 1 is 1.50 bits per heavy atom. The summed E-state index contributed by atoms with van der Waals surface area (Å²) in [5.74, 6) is -0.0184. The van der Waals surface area contributed by atoms with Gasteiger partial charge in [0.05, 0.1) is 0 Å². The van der Waals surface area contributed by atoms with Crippen LogP contribution in [0.3, 0.4) is 0 Å². The number of carbonyl (C=O) groups is 2. The smallest absolute Gasteiger partial charge is 0.182 e. The van der Waals surface area contributed by atoms with E-state index >= 15 is 0 Å². The van der Waals surface area contributed by atoms with Crippen LogP contribution in [0.2, 0.25) is 0 Å². The zero-order valence-electron chi connectivity index (χ0n) is 9.02. The molecule has 0 spiro atoms. The Balaban J connectivity index is 3.28. The van der Waals surface area contributed by atoms with E-state index in [0.29, 0.717) is 17.6 Å². The summed E-state index contributed by atoms with van der Waals surface area (Å²) in [6.07, 6.45) is 2.59. The molecule has 1 aliphatic rings. The number of ketones is 2. The van der Waals surface area contributed by atoms with Gasteiger partial charge in [-0.1, -0.05) is 20.4 Å². The molecule has 76 valence electrons. The van der Waals surface area contributed by atoms with E-state index in [0.717, 1.165) is 6.42 Å². The molecule has 0 N–H and O–H groups in total. The summed E-state index contributed by atoms with van der Waals surface area (Å²) in [5, 5.41) is 0. The molecule has 14 heavy (non-hydrogen) atoms. The highest BCUT2D eigenvalue weighted by Gasteiger charge is 2.34. The Morgan fingerprint density at radius 2 is 2.07 bits per heavy atom. The fourth-order valence-electron chi connectivity index (χ4n) is 2.01. The lowest BCUT2D eigenvalue weighted by Crippen LogP contribution is -2.29. The van der Waals surface area contributed by atoms with Gasteiger partial charge in [-0.25, -0.2) is 0 Å². The van der Waals surface area contributed by atoms with E-state index in [9.17, 15) is 9.59 Å². The van der Waals surface area contributed by atoms with Crippen LogP contribution in [-0.2, 0) is 9.59 Å². The fourth-order valence-corrected chi connectivity index (χ4v) is 2.01. The molecule has 0 aromatic heterocycles. The average Bonchev–Trinajstić information content (AvgIpc) is 2.11. The van der Waals surface area contributed by atoms with Gasteiger partial charge in [-0.2, -0.15) is 0 Å². The molecule has 0 aromatic carbocycles. The third-order valence-electron chi connectivity index (χ3n) is 2.88. The maximum absolute atomic E-state index is 11.6.